The summed E-state index contributed by atoms with van der Waals surface area (Å²) in [6.07, 6.45) is 3.40. The Hall–Kier alpha value is -2.50. The minimum absolute atomic E-state index is 0.603. The van der Waals surface area contributed by atoms with Gasteiger partial charge in [0, 0.05) is 12.4 Å². The highest BCUT2D eigenvalue weighted by atomic mass is 15.3. The Balaban J connectivity index is 1.89. The first-order chi connectivity index (χ1) is 8.84. The standard InChI is InChI=1S/C12H12N6/c1-18-8-15-17-12(18)7-13-11-6-14-16-10-5-3-2-4-9(10)11/h2-6,8H,7H2,1H3,(H,13,16). The second-order valence-corrected chi connectivity index (χ2v) is 3.99. The van der Waals surface area contributed by atoms with Gasteiger partial charge in [-0.25, -0.2) is 0 Å². The van der Waals surface area contributed by atoms with Crippen LogP contribution in [0.1, 0.15) is 5.82 Å². The number of fused-ring (bicyclic) bond motifs is 1. The van der Waals surface area contributed by atoms with Crippen LogP contribution in [0.25, 0.3) is 10.9 Å². The molecule has 6 nitrogen and oxygen atoms in total. The van der Waals surface area contributed by atoms with E-state index >= 15 is 0 Å². The van der Waals surface area contributed by atoms with E-state index in [2.05, 4.69) is 25.7 Å². The SMILES string of the molecule is Cn1cnnc1CNc1cnnc2ccccc12. The molecule has 0 saturated heterocycles. The normalized spacial score (nSPS) is 10.7. The van der Waals surface area contributed by atoms with Crippen LogP contribution in [0, 0.1) is 0 Å². The Bertz CT molecular complexity index is 670. The van der Waals surface area contributed by atoms with Crippen molar-refractivity contribution in [2.45, 2.75) is 6.54 Å². The zero-order valence-corrected chi connectivity index (χ0v) is 9.91. The van der Waals surface area contributed by atoms with Gasteiger partial charge in [0.1, 0.15) is 6.33 Å². The predicted molar refractivity (Wildman–Crippen MR) is 67.9 cm³/mol. The largest absolute Gasteiger partial charge is 0.376 e. The lowest BCUT2D eigenvalue weighted by Gasteiger charge is -2.07. The second-order valence-electron chi connectivity index (χ2n) is 3.99. The van der Waals surface area contributed by atoms with Gasteiger partial charge in [-0.15, -0.1) is 10.2 Å². The summed E-state index contributed by atoms with van der Waals surface area (Å²) in [7, 11) is 1.92. The van der Waals surface area contributed by atoms with E-state index in [0.29, 0.717) is 6.54 Å². The van der Waals surface area contributed by atoms with Crippen molar-refractivity contribution >= 4 is 16.6 Å². The summed E-state index contributed by atoms with van der Waals surface area (Å²) in [4.78, 5) is 0. The lowest BCUT2D eigenvalue weighted by atomic mass is 10.2. The Morgan fingerprint density at radius 2 is 2.06 bits per heavy atom. The van der Waals surface area contributed by atoms with Crippen LogP contribution in [-0.4, -0.2) is 25.0 Å². The van der Waals surface area contributed by atoms with Crippen molar-refractivity contribution < 1.29 is 0 Å². The Morgan fingerprint density at radius 1 is 1.17 bits per heavy atom. The highest BCUT2D eigenvalue weighted by molar-refractivity contribution is 5.90. The Kier molecular flexibility index (Phi) is 2.60. The summed E-state index contributed by atoms with van der Waals surface area (Å²) in [6.45, 7) is 0.603. The topological polar surface area (TPSA) is 68.5 Å². The fraction of sp³-hybridized carbons (Fsp3) is 0.167. The Morgan fingerprint density at radius 3 is 2.89 bits per heavy atom. The molecule has 3 aromatic rings. The fourth-order valence-electron chi connectivity index (χ4n) is 1.79. The van der Waals surface area contributed by atoms with Gasteiger partial charge >= 0.3 is 0 Å². The molecule has 0 aliphatic heterocycles. The van der Waals surface area contributed by atoms with Crippen molar-refractivity contribution in [1.29, 1.82) is 0 Å². The zero-order valence-electron chi connectivity index (χ0n) is 9.91. The fourth-order valence-corrected chi connectivity index (χ4v) is 1.79. The number of aromatic nitrogens is 5. The summed E-state index contributed by atoms with van der Waals surface area (Å²) in [5.74, 6) is 0.871. The molecule has 0 fully saturated rings. The molecule has 18 heavy (non-hydrogen) atoms. The molecule has 1 N–H and O–H groups in total. The molecular formula is C12H12N6. The van der Waals surface area contributed by atoms with Crippen molar-refractivity contribution in [3.8, 4) is 0 Å². The van der Waals surface area contributed by atoms with Crippen molar-refractivity contribution in [2.75, 3.05) is 5.32 Å². The van der Waals surface area contributed by atoms with Gasteiger partial charge < -0.3 is 9.88 Å². The zero-order chi connectivity index (χ0) is 12.4. The van der Waals surface area contributed by atoms with Crippen LogP contribution < -0.4 is 5.32 Å². The summed E-state index contributed by atoms with van der Waals surface area (Å²) >= 11 is 0. The molecule has 0 amide bonds. The Labute approximate surface area is 104 Å². The van der Waals surface area contributed by atoms with E-state index < -0.39 is 0 Å². The van der Waals surface area contributed by atoms with Crippen LogP contribution in [0.5, 0.6) is 0 Å². The van der Waals surface area contributed by atoms with Gasteiger partial charge in [0.05, 0.1) is 23.9 Å². The highest BCUT2D eigenvalue weighted by Crippen LogP contribution is 2.19. The van der Waals surface area contributed by atoms with E-state index in [1.807, 2.05) is 35.9 Å². The van der Waals surface area contributed by atoms with E-state index in [-0.39, 0.29) is 0 Å². The first kappa shape index (κ1) is 10.6. The third-order valence-corrected chi connectivity index (χ3v) is 2.79. The second kappa shape index (κ2) is 4.40. The van der Waals surface area contributed by atoms with Crippen molar-refractivity contribution in [3.05, 3.63) is 42.6 Å². The average molecular weight is 240 g/mol. The number of rotatable bonds is 3. The summed E-state index contributed by atoms with van der Waals surface area (Å²) in [5.41, 5.74) is 1.82. The quantitative estimate of drug-likeness (QED) is 0.748. The molecule has 0 atom stereocenters. The third kappa shape index (κ3) is 1.88. The molecule has 0 aliphatic carbocycles. The van der Waals surface area contributed by atoms with E-state index in [9.17, 15) is 0 Å². The van der Waals surface area contributed by atoms with Crippen LogP contribution in [0.4, 0.5) is 5.69 Å². The van der Waals surface area contributed by atoms with Crippen molar-refractivity contribution in [1.82, 2.24) is 25.0 Å². The molecule has 2 aromatic heterocycles. The van der Waals surface area contributed by atoms with Crippen LogP contribution in [0.2, 0.25) is 0 Å². The summed E-state index contributed by atoms with van der Waals surface area (Å²) < 4.78 is 1.88. The lowest BCUT2D eigenvalue weighted by molar-refractivity contribution is 0.812. The number of benzene rings is 1. The average Bonchev–Trinajstić information content (AvgIpc) is 2.82. The number of hydrogen-bond acceptors (Lipinski definition) is 5. The minimum atomic E-state index is 0.603. The van der Waals surface area contributed by atoms with E-state index in [0.717, 1.165) is 22.4 Å². The molecule has 0 saturated carbocycles. The predicted octanol–water partition coefficient (Wildman–Crippen LogP) is 1.37. The molecule has 0 unspecified atom stereocenters. The smallest absolute Gasteiger partial charge is 0.151 e. The molecule has 6 heteroatoms. The number of nitrogens with zero attached hydrogens (tertiary/aromatic N) is 5. The van der Waals surface area contributed by atoms with E-state index in [4.69, 9.17) is 0 Å². The molecule has 1 aromatic carbocycles. The van der Waals surface area contributed by atoms with E-state index in [1.54, 1.807) is 12.5 Å². The minimum Gasteiger partial charge on any atom is -0.376 e. The third-order valence-electron chi connectivity index (χ3n) is 2.79. The number of aryl methyl sites for hydroxylation is 1. The molecule has 0 bridgehead atoms. The van der Waals surface area contributed by atoms with Gasteiger partial charge in [-0.1, -0.05) is 18.2 Å². The molecule has 2 heterocycles. The van der Waals surface area contributed by atoms with Gasteiger partial charge in [0.25, 0.3) is 0 Å². The molecule has 3 rings (SSSR count). The molecule has 0 radical (unpaired) electrons. The first-order valence-electron chi connectivity index (χ1n) is 5.62. The van der Waals surface area contributed by atoms with Crippen LogP contribution in [0.3, 0.4) is 0 Å². The number of hydrogen-bond donors (Lipinski definition) is 1. The van der Waals surface area contributed by atoms with E-state index in [1.165, 1.54) is 0 Å². The van der Waals surface area contributed by atoms with Gasteiger partial charge in [-0.05, 0) is 6.07 Å². The maximum absolute atomic E-state index is 4.08. The maximum atomic E-state index is 4.08. The number of anilines is 1. The lowest BCUT2D eigenvalue weighted by Crippen LogP contribution is -2.06. The summed E-state index contributed by atoms with van der Waals surface area (Å²) in [6, 6.07) is 7.89. The van der Waals surface area contributed by atoms with Gasteiger partial charge in [0.2, 0.25) is 0 Å². The number of nitrogens with one attached hydrogen (secondary N) is 1. The first-order valence-corrected chi connectivity index (χ1v) is 5.62. The highest BCUT2D eigenvalue weighted by Gasteiger charge is 2.04. The van der Waals surface area contributed by atoms with Crippen LogP contribution in [0.15, 0.2) is 36.8 Å². The maximum Gasteiger partial charge on any atom is 0.151 e. The van der Waals surface area contributed by atoms with Crippen LogP contribution in [-0.2, 0) is 13.6 Å². The van der Waals surface area contributed by atoms with Crippen molar-refractivity contribution in [3.63, 3.8) is 0 Å². The monoisotopic (exact) mass is 240 g/mol. The molecular weight excluding hydrogens is 228 g/mol. The molecule has 0 spiro atoms. The van der Waals surface area contributed by atoms with Crippen LogP contribution >= 0.6 is 0 Å². The van der Waals surface area contributed by atoms with Crippen molar-refractivity contribution in [2.24, 2.45) is 7.05 Å². The van der Waals surface area contributed by atoms with Gasteiger partial charge in [-0.3, -0.25) is 0 Å². The van der Waals surface area contributed by atoms with Gasteiger partial charge in [-0.2, -0.15) is 10.2 Å². The molecule has 90 valence electrons. The summed E-state index contributed by atoms with van der Waals surface area (Å²) in [5, 5.41) is 20.3. The van der Waals surface area contributed by atoms with Gasteiger partial charge in [0.15, 0.2) is 5.82 Å². The molecule has 0 aliphatic rings.